The van der Waals surface area contributed by atoms with Gasteiger partial charge in [-0.15, -0.1) is 0 Å². The third-order valence-electron chi connectivity index (χ3n) is 9.49. The van der Waals surface area contributed by atoms with Gasteiger partial charge in [-0.1, -0.05) is 140 Å². The van der Waals surface area contributed by atoms with Crippen LogP contribution in [0.15, 0.2) is 161 Å². The highest BCUT2D eigenvalue weighted by atomic mass is 16.3. The Labute approximate surface area is 267 Å². The Morgan fingerprint density at radius 3 is 2.09 bits per heavy atom. The van der Waals surface area contributed by atoms with E-state index in [9.17, 15) is 0 Å². The van der Waals surface area contributed by atoms with Crippen molar-refractivity contribution >= 4 is 44.0 Å². The molecule has 1 aliphatic heterocycles. The first-order chi connectivity index (χ1) is 22.7. The van der Waals surface area contributed by atoms with Crippen molar-refractivity contribution in [1.82, 2.24) is 4.98 Å². The molecule has 1 aromatic heterocycles. The normalized spacial score (nSPS) is 16.1. The fourth-order valence-electron chi connectivity index (χ4n) is 7.25. The molecule has 1 aliphatic rings. The number of benzene rings is 7. The van der Waals surface area contributed by atoms with Gasteiger partial charge in [0.2, 0.25) is 5.89 Å². The molecule has 0 radical (unpaired) electrons. The van der Waals surface area contributed by atoms with Gasteiger partial charge in [-0.05, 0) is 67.6 Å². The van der Waals surface area contributed by atoms with Crippen LogP contribution < -0.4 is 0 Å². The second kappa shape index (κ2) is 10.7. The summed E-state index contributed by atoms with van der Waals surface area (Å²) in [5, 5.41) is 4.57. The Kier molecular flexibility index (Phi) is 6.17. The Hall–Kier alpha value is -5.80. The van der Waals surface area contributed by atoms with Crippen molar-refractivity contribution in [2.75, 3.05) is 0 Å². The van der Waals surface area contributed by atoms with Gasteiger partial charge >= 0.3 is 0 Å². The number of hydrogen-bond donors (Lipinski definition) is 0. The molecule has 0 saturated heterocycles. The number of aliphatic imine (C=N–C) groups is 1. The summed E-state index contributed by atoms with van der Waals surface area (Å²) in [6.45, 7) is 2.30. The van der Waals surface area contributed by atoms with E-state index >= 15 is 0 Å². The highest BCUT2D eigenvalue weighted by molar-refractivity contribution is 6.07. The predicted octanol–water partition coefficient (Wildman–Crippen LogP) is 11.4. The molecule has 8 aromatic rings. The average Bonchev–Trinajstić information content (AvgIpc) is 3.52. The van der Waals surface area contributed by atoms with Gasteiger partial charge in [0.05, 0.1) is 17.0 Å². The fraction of sp³-hybridized carbons (Fsp3) is 0.0698. The zero-order valence-corrected chi connectivity index (χ0v) is 25.4. The molecule has 0 fully saturated rings. The smallest absolute Gasteiger partial charge is 0.228 e. The van der Waals surface area contributed by atoms with Crippen LogP contribution in [-0.4, -0.2) is 10.7 Å². The minimum Gasteiger partial charge on any atom is -0.436 e. The molecule has 7 aromatic carbocycles. The van der Waals surface area contributed by atoms with Gasteiger partial charge in [0.1, 0.15) is 5.52 Å². The van der Waals surface area contributed by atoms with Gasteiger partial charge in [-0.25, -0.2) is 4.98 Å². The lowest BCUT2D eigenvalue weighted by Crippen LogP contribution is -2.24. The van der Waals surface area contributed by atoms with Crippen LogP contribution >= 0.6 is 0 Å². The maximum absolute atomic E-state index is 6.52. The van der Waals surface area contributed by atoms with Gasteiger partial charge in [0, 0.05) is 11.8 Å². The molecular weight excluding hydrogens is 560 g/mol. The summed E-state index contributed by atoms with van der Waals surface area (Å²) >= 11 is 0. The first-order valence-corrected chi connectivity index (χ1v) is 15.9. The molecule has 2 heterocycles. The first kappa shape index (κ1) is 26.6. The van der Waals surface area contributed by atoms with Crippen LogP contribution in [0.2, 0.25) is 0 Å². The van der Waals surface area contributed by atoms with E-state index in [1.807, 2.05) is 0 Å². The Morgan fingerprint density at radius 1 is 0.587 bits per heavy atom. The lowest BCUT2D eigenvalue weighted by atomic mass is 9.75. The summed E-state index contributed by atoms with van der Waals surface area (Å²) in [5.41, 5.74) is 10.8. The molecule has 0 saturated carbocycles. The predicted molar refractivity (Wildman–Crippen MR) is 190 cm³/mol. The van der Waals surface area contributed by atoms with E-state index in [4.69, 9.17) is 14.4 Å². The van der Waals surface area contributed by atoms with Crippen molar-refractivity contribution in [2.24, 2.45) is 10.9 Å². The zero-order valence-electron chi connectivity index (χ0n) is 25.4. The van der Waals surface area contributed by atoms with Gasteiger partial charge in [-0.2, -0.15) is 0 Å². The van der Waals surface area contributed by atoms with E-state index in [1.165, 1.54) is 11.1 Å². The van der Waals surface area contributed by atoms with Crippen LogP contribution in [0.5, 0.6) is 0 Å². The second-order valence-electron chi connectivity index (χ2n) is 12.2. The van der Waals surface area contributed by atoms with Crippen LogP contribution in [0.1, 0.15) is 29.5 Å². The Balaban J connectivity index is 1.16. The van der Waals surface area contributed by atoms with Crippen molar-refractivity contribution in [2.45, 2.75) is 12.8 Å². The van der Waals surface area contributed by atoms with E-state index in [2.05, 4.69) is 159 Å². The number of oxazole rings is 1. The average molecular weight is 591 g/mol. The summed E-state index contributed by atoms with van der Waals surface area (Å²) in [4.78, 5) is 10.3. The van der Waals surface area contributed by atoms with E-state index in [0.717, 1.165) is 66.3 Å². The lowest BCUT2D eigenvalue weighted by Gasteiger charge is -2.31. The molecule has 3 nitrogen and oxygen atoms in total. The molecule has 0 aliphatic carbocycles. The molecule has 46 heavy (non-hydrogen) atoms. The number of fused-ring (bicyclic) bond motifs is 4. The van der Waals surface area contributed by atoms with E-state index < -0.39 is 0 Å². The van der Waals surface area contributed by atoms with Gasteiger partial charge in [0.15, 0.2) is 5.58 Å². The van der Waals surface area contributed by atoms with Crippen molar-refractivity contribution < 1.29 is 4.42 Å². The highest BCUT2D eigenvalue weighted by Crippen LogP contribution is 2.44. The van der Waals surface area contributed by atoms with Gasteiger partial charge in [-0.3, -0.25) is 4.99 Å². The number of hydrogen-bond acceptors (Lipinski definition) is 3. The highest BCUT2D eigenvalue weighted by Gasteiger charge is 2.31. The standard InChI is InChI=1S/C43H30N2O/c1-27-40(30-12-3-2-4-13-30)36-17-9-10-18-37(36)44-42(27)31-21-19-29(20-22-31)35-24-23-28-11-7-8-16-34(28)41(35)43-45-38-25-32-14-5-6-15-33(32)26-39(38)46-43/h2-27,40H,1H3. The molecule has 2 unspecified atom stereocenters. The molecule has 0 spiro atoms. The minimum atomic E-state index is 0.217. The molecule has 3 heteroatoms. The van der Waals surface area contributed by atoms with Crippen LogP contribution in [0.3, 0.4) is 0 Å². The van der Waals surface area contributed by atoms with E-state index in [1.54, 1.807) is 0 Å². The third kappa shape index (κ3) is 4.35. The topological polar surface area (TPSA) is 38.4 Å². The maximum Gasteiger partial charge on any atom is 0.228 e. The van der Waals surface area contributed by atoms with Crippen LogP contribution in [0, 0.1) is 5.92 Å². The summed E-state index contributed by atoms with van der Waals surface area (Å²) in [7, 11) is 0. The molecule has 9 rings (SSSR count). The number of rotatable bonds is 4. The van der Waals surface area contributed by atoms with Gasteiger partial charge in [0.25, 0.3) is 0 Å². The number of nitrogens with zero attached hydrogens (tertiary/aromatic N) is 2. The minimum absolute atomic E-state index is 0.217. The molecule has 0 amide bonds. The van der Waals surface area contributed by atoms with Crippen molar-refractivity contribution in [1.29, 1.82) is 0 Å². The molecule has 2 atom stereocenters. The summed E-state index contributed by atoms with van der Waals surface area (Å²) in [6.07, 6.45) is 0. The fourth-order valence-corrected chi connectivity index (χ4v) is 7.25. The van der Waals surface area contributed by atoms with Crippen LogP contribution in [0.25, 0.3) is 55.2 Å². The van der Waals surface area contributed by atoms with Crippen molar-refractivity contribution in [3.8, 4) is 22.6 Å². The second-order valence-corrected chi connectivity index (χ2v) is 12.2. The lowest BCUT2D eigenvalue weighted by molar-refractivity contribution is 0.621. The third-order valence-corrected chi connectivity index (χ3v) is 9.49. The number of aromatic nitrogens is 1. The zero-order chi connectivity index (χ0) is 30.6. The Bertz CT molecular complexity index is 2380. The summed E-state index contributed by atoms with van der Waals surface area (Å²) in [6, 6.07) is 53.6. The first-order valence-electron chi connectivity index (χ1n) is 15.9. The van der Waals surface area contributed by atoms with E-state index in [0.29, 0.717) is 5.89 Å². The van der Waals surface area contributed by atoms with Gasteiger partial charge < -0.3 is 4.42 Å². The largest absolute Gasteiger partial charge is 0.436 e. The molecule has 218 valence electrons. The van der Waals surface area contributed by atoms with E-state index in [-0.39, 0.29) is 11.8 Å². The van der Waals surface area contributed by atoms with Crippen molar-refractivity contribution in [3.63, 3.8) is 0 Å². The Morgan fingerprint density at radius 2 is 1.26 bits per heavy atom. The van der Waals surface area contributed by atoms with Crippen molar-refractivity contribution in [3.05, 3.63) is 168 Å². The summed E-state index contributed by atoms with van der Waals surface area (Å²) in [5.74, 6) is 1.09. The number of para-hydroxylation sites is 1. The van der Waals surface area contributed by atoms with Crippen LogP contribution in [-0.2, 0) is 0 Å². The quantitative estimate of drug-likeness (QED) is 0.204. The molecular formula is C43H30N2O. The molecule has 0 bridgehead atoms. The SMILES string of the molecule is CC1C(c2ccc(-c3ccc4ccccc4c3-c3nc4cc5ccccc5cc4o3)cc2)=Nc2ccccc2C1c1ccccc1. The van der Waals surface area contributed by atoms with Crippen LogP contribution in [0.4, 0.5) is 5.69 Å². The summed E-state index contributed by atoms with van der Waals surface area (Å²) < 4.78 is 6.52. The molecule has 0 N–H and O–H groups in total. The monoisotopic (exact) mass is 590 g/mol. The maximum atomic E-state index is 6.52.